The summed E-state index contributed by atoms with van der Waals surface area (Å²) in [6.07, 6.45) is 20.8. The maximum absolute atomic E-state index is 9.60. The van der Waals surface area contributed by atoms with E-state index in [1.807, 2.05) is 12.1 Å². The summed E-state index contributed by atoms with van der Waals surface area (Å²) >= 11 is 0. The van der Waals surface area contributed by atoms with Crippen molar-refractivity contribution < 1.29 is 5.11 Å². The number of aromatic hydroxyl groups is 1. The minimum Gasteiger partial charge on any atom is -0.508 e. The first-order chi connectivity index (χ1) is 15.5. The zero-order valence-corrected chi connectivity index (χ0v) is 23.5. The van der Waals surface area contributed by atoms with Gasteiger partial charge in [0.25, 0.3) is 0 Å². The van der Waals surface area contributed by atoms with Crippen LogP contribution in [0.15, 0.2) is 24.3 Å². The number of rotatable bonds is 17. The summed E-state index contributed by atoms with van der Waals surface area (Å²) in [5.74, 6) is 1.88. The number of hydrogen-bond donors (Lipinski definition) is 1. The fraction of sp³-hybridized carbons (Fsp3) is 0.812. The van der Waals surface area contributed by atoms with Crippen molar-refractivity contribution in [3.63, 3.8) is 0 Å². The van der Waals surface area contributed by atoms with Gasteiger partial charge in [-0.15, -0.1) is 0 Å². The first kappa shape index (κ1) is 30.1. The SMILES string of the molecule is CCCCCCCCCCCCC(CCCC(Cc1ccc(O)cc1)C(C)(C)C)C(C)(C)C. The van der Waals surface area contributed by atoms with Gasteiger partial charge in [-0.3, -0.25) is 0 Å². The molecule has 1 N–H and O–H groups in total. The summed E-state index contributed by atoms with van der Waals surface area (Å²) in [6, 6.07) is 7.85. The Labute approximate surface area is 208 Å². The summed E-state index contributed by atoms with van der Waals surface area (Å²) < 4.78 is 0. The quantitative estimate of drug-likeness (QED) is 0.230. The molecular weight excluding hydrogens is 400 g/mol. The van der Waals surface area contributed by atoms with E-state index < -0.39 is 0 Å². The van der Waals surface area contributed by atoms with Crippen molar-refractivity contribution >= 4 is 0 Å². The largest absolute Gasteiger partial charge is 0.508 e. The van der Waals surface area contributed by atoms with Crippen LogP contribution in [0, 0.1) is 22.7 Å². The van der Waals surface area contributed by atoms with E-state index in [9.17, 15) is 5.11 Å². The molecule has 1 aromatic rings. The molecule has 1 rings (SSSR count). The molecule has 33 heavy (non-hydrogen) atoms. The topological polar surface area (TPSA) is 20.2 Å². The lowest BCUT2D eigenvalue weighted by molar-refractivity contribution is 0.177. The van der Waals surface area contributed by atoms with Crippen molar-refractivity contribution in [2.75, 3.05) is 0 Å². The molecule has 0 heterocycles. The standard InChI is InChI=1S/C32H58O/c1-8-9-10-11-12-13-14-15-16-17-19-28(31(2,3)4)20-18-21-29(32(5,6)7)26-27-22-24-30(33)25-23-27/h22-25,28-29,33H,8-21,26H2,1-7H3. The van der Waals surface area contributed by atoms with Crippen molar-refractivity contribution in [2.24, 2.45) is 22.7 Å². The summed E-state index contributed by atoms with van der Waals surface area (Å²) in [6.45, 7) is 16.8. The highest BCUT2D eigenvalue weighted by atomic mass is 16.3. The second kappa shape index (κ2) is 15.8. The Morgan fingerprint density at radius 2 is 1.00 bits per heavy atom. The third kappa shape index (κ3) is 14.1. The minimum absolute atomic E-state index is 0.311. The van der Waals surface area contributed by atoms with Gasteiger partial charge in [0.2, 0.25) is 0 Å². The highest BCUT2D eigenvalue weighted by molar-refractivity contribution is 5.26. The van der Waals surface area contributed by atoms with Crippen LogP contribution in [0.25, 0.3) is 0 Å². The average Bonchev–Trinajstić information content (AvgIpc) is 2.72. The zero-order valence-electron chi connectivity index (χ0n) is 23.5. The van der Waals surface area contributed by atoms with E-state index in [0.29, 0.717) is 22.5 Å². The molecule has 2 unspecified atom stereocenters. The van der Waals surface area contributed by atoms with Crippen LogP contribution < -0.4 is 0 Å². The summed E-state index contributed by atoms with van der Waals surface area (Å²) in [5.41, 5.74) is 2.07. The second-order valence-corrected chi connectivity index (χ2v) is 12.9. The number of unbranched alkanes of at least 4 members (excludes halogenated alkanes) is 9. The van der Waals surface area contributed by atoms with Crippen molar-refractivity contribution in [3.05, 3.63) is 29.8 Å². The molecule has 0 saturated heterocycles. The predicted octanol–water partition coefficient (Wildman–Crippen LogP) is 10.7. The van der Waals surface area contributed by atoms with Crippen LogP contribution in [0.3, 0.4) is 0 Å². The molecule has 0 aliphatic carbocycles. The molecule has 0 bridgehead atoms. The molecule has 0 spiro atoms. The van der Waals surface area contributed by atoms with Gasteiger partial charge >= 0.3 is 0 Å². The van der Waals surface area contributed by atoms with Gasteiger partial charge in [0.15, 0.2) is 0 Å². The summed E-state index contributed by atoms with van der Waals surface area (Å²) in [5, 5.41) is 9.60. The van der Waals surface area contributed by atoms with Crippen LogP contribution >= 0.6 is 0 Å². The van der Waals surface area contributed by atoms with Crippen molar-refractivity contribution in [1.82, 2.24) is 0 Å². The van der Waals surface area contributed by atoms with E-state index in [-0.39, 0.29) is 0 Å². The molecule has 0 aliphatic rings. The number of benzene rings is 1. The normalized spacial score (nSPS) is 14.4. The van der Waals surface area contributed by atoms with Crippen LogP contribution in [-0.4, -0.2) is 5.11 Å². The number of phenolic OH excluding ortho intramolecular Hbond substituents is 1. The van der Waals surface area contributed by atoms with Crippen LogP contribution in [0.4, 0.5) is 0 Å². The van der Waals surface area contributed by atoms with Gasteiger partial charge < -0.3 is 5.11 Å². The highest BCUT2D eigenvalue weighted by Gasteiger charge is 2.27. The van der Waals surface area contributed by atoms with E-state index in [2.05, 4.69) is 60.6 Å². The molecule has 2 atom stereocenters. The van der Waals surface area contributed by atoms with Crippen molar-refractivity contribution in [3.8, 4) is 5.75 Å². The lowest BCUT2D eigenvalue weighted by Gasteiger charge is -2.34. The van der Waals surface area contributed by atoms with Gasteiger partial charge in [-0.25, -0.2) is 0 Å². The van der Waals surface area contributed by atoms with E-state index >= 15 is 0 Å². The fourth-order valence-corrected chi connectivity index (χ4v) is 5.26. The molecular formula is C32H58O. The molecule has 0 fully saturated rings. The van der Waals surface area contributed by atoms with Gasteiger partial charge in [0.1, 0.15) is 5.75 Å². The average molecular weight is 459 g/mol. The Hall–Kier alpha value is -0.980. The first-order valence-electron chi connectivity index (χ1n) is 14.3. The molecule has 1 aromatic carbocycles. The third-order valence-electron chi connectivity index (χ3n) is 7.88. The zero-order chi connectivity index (χ0) is 24.7. The van der Waals surface area contributed by atoms with Gasteiger partial charge in [-0.05, 0) is 66.0 Å². The number of hydrogen-bond acceptors (Lipinski definition) is 1. The highest BCUT2D eigenvalue weighted by Crippen LogP contribution is 2.38. The van der Waals surface area contributed by atoms with E-state index in [4.69, 9.17) is 0 Å². The molecule has 0 aromatic heterocycles. The smallest absolute Gasteiger partial charge is 0.115 e. The Morgan fingerprint density at radius 1 is 0.576 bits per heavy atom. The Bertz CT molecular complexity index is 586. The first-order valence-corrected chi connectivity index (χ1v) is 14.3. The van der Waals surface area contributed by atoms with Crippen molar-refractivity contribution in [1.29, 1.82) is 0 Å². The maximum Gasteiger partial charge on any atom is 0.115 e. The molecule has 1 nitrogen and oxygen atoms in total. The minimum atomic E-state index is 0.311. The Kier molecular flexibility index (Phi) is 14.4. The van der Waals surface area contributed by atoms with E-state index in [1.165, 1.54) is 95.5 Å². The van der Waals surface area contributed by atoms with E-state index in [1.54, 1.807) is 0 Å². The molecule has 192 valence electrons. The van der Waals surface area contributed by atoms with Gasteiger partial charge in [0, 0.05) is 0 Å². The van der Waals surface area contributed by atoms with Crippen LogP contribution in [0.1, 0.15) is 144 Å². The molecule has 0 saturated carbocycles. The monoisotopic (exact) mass is 458 g/mol. The summed E-state index contributed by atoms with van der Waals surface area (Å²) in [4.78, 5) is 0. The number of phenols is 1. The fourth-order valence-electron chi connectivity index (χ4n) is 5.26. The van der Waals surface area contributed by atoms with Crippen LogP contribution in [-0.2, 0) is 6.42 Å². The lowest BCUT2D eigenvalue weighted by atomic mass is 9.71. The maximum atomic E-state index is 9.60. The van der Waals surface area contributed by atoms with Crippen molar-refractivity contribution in [2.45, 2.75) is 145 Å². The third-order valence-corrected chi connectivity index (χ3v) is 7.88. The molecule has 0 aliphatic heterocycles. The van der Waals surface area contributed by atoms with Crippen LogP contribution in [0.5, 0.6) is 5.75 Å². The second-order valence-electron chi connectivity index (χ2n) is 12.9. The Morgan fingerprint density at radius 3 is 1.48 bits per heavy atom. The van der Waals surface area contributed by atoms with Gasteiger partial charge in [-0.2, -0.15) is 0 Å². The molecule has 1 heteroatoms. The molecule has 0 radical (unpaired) electrons. The van der Waals surface area contributed by atoms with Gasteiger partial charge in [-0.1, -0.05) is 131 Å². The van der Waals surface area contributed by atoms with Crippen LogP contribution in [0.2, 0.25) is 0 Å². The molecule has 0 amide bonds. The van der Waals surface area contributed by atoms with Gasteiger partial charge in [0.05, 0.1) is 0 Å². The Balaban J connectivity index is 2.38. The lowest BCUT2D eigenvalue weighted by Crippen LogP contribution is -2.24. The van der Waals surface area contributed by atoms with E-state index in [0.717, 1.165) is 12.3 Å². The summed E-state index contributed by atoms with van der Waals surface area (Å²) in [7, 11) is 0. The predicted molar refractivity (Wildman–Crippen MR) is 148 cm³/mol.